The highest BCUT2D eigenvalue weighted by molar-refractivity contribution is 5.96. The van der Waals surface area contributed by atoms with Gasteiger partial charge >= 0.3 is 0 Å². The van der Waals surface area contributed by atoms with Crippen LogP contribution < -0.4 is 5.32 Å². The van der Waals surface area contributed by atoms with Crippen molar-refractivity contribution in [2.45, 2.75) is 18.4 Å². The first-order valence-electron chi connectivity index (χ1n) is 8.51. The van der Waals surface area contributed by atoms with Gasteiger partial charge in [-0.15, -0.1) is 0 Å². The monoisotopic (exact) mass is 315 g/mol. The van der Waals surface area contributed by atoms with E-state index >= 15 is 0 Å². The van der Waals surface area contributed by atoms with E-state index in [0.29, 0.717) is 11.8 Å². The predicted octanol–water partition coefficient (Wildman–Crippen LogP) is 5.81. The summed E-state index contributed by atoms with van der Waals surface area (Å²) < 4.78 is 13.3. The molecule has 0 bridgehead atoms. The van der Waals surface area contributed by atoms with Crippen LogP contribution in [0.2, 0.25) is 0 Å². The Labute approximate surface area is 140 Å². The second-order valence-corrected chi connectivity index (χ2v) is 6.78. The maximum Gasteiger partial charge on any atom is 0.123 e. The number of benzene rings is 3. The van der Waals surface area contributed by atoms with Crippen LogP contribution in [0.15, 0.2) is 72.8 Å². The van der Waals surface area contributed by atoms with Crippen LogP contribution in [0.3, 0.4) is 0 Å². The van der Waals surface area contributed by atoms with Crippen LogP contribution in [-0.2, 0) is 0 Å². The molecule has 0 fully saturated rings. The zero-order valence-corrected chi connectivity index (χ0v) is 13.2. The number of hydrogen-bond acceptors (Lipinski definition) is 1. The van der Waals surface area contributed by atoms with Gasteiger partial charge in [0.25, 0.3) is 0 Å². The summed E-state index contributed by atoms with van der Waals surface area (Å²) in [7, 11) is 0. The zero-order valence-electron chi connectivity index (χ0n) is 13.2. The molecule has 1 nitrogen and oxygen atoms in total. The molecule has 0 aromatic heterocycles. The first-order valence-corrected chi connectivity index (χ1v) is 8.51. The molecule has 3 aromatic rings. The number of allylic oxidation sites excluding steroid dienone is 2. The molecule has 3 atom stereocenters. The van der Waals surface area contributed by atoms with E-state index in [1.165, 1.54) is 22.0 Å². The molecule has 0 amide bonds. The maximum absolute atomic E-state index is 13.3. The van der Waals surface area contributed by atoms with Gasteiger partial charge in [0, 0.05) is 17.0 Å². The molecule has 5 rings (SSSR count). The minimum absolute atomic E-state index is 0.179. The van der Waals surface area contributed by atoms with Crippen molar-refractivity contribution >= 4 is 16.5 Å². The van der Waals surface area contributed by atoms with Gasteiger partial charge in [0.2, 0.25) is 0 Å². The van der Waals surface area contributed by atoms with Gasteiger partial charge in [-0.3, -0.25) is 0 Å². The Morgan fingerprint density at radius 2 is 1.75 bits per heavy atom. The average molecular weight is 315 g/mol. The third-order valence-corrected chi connectivity index (χ3v) is 5.49. The molecule has 0 saturated heterocycles. The molecule has 1 N–H and O–H groups in total. The SMILES string of the molecule is Fc1ccc([C@H]2Nc3c(ccc4ccccc34)C3C=CCC32)cc1. The Kier molecular flexibility index (Phi) is 2.99. The van der Waals surface area contributed by atoms with Gasteiger partial charge in [-0.25, -0.2) is 4.39 Å². The van der Waals surface area contributed by atoms with Crippen molar-refractivity contribution < 1.29 is 4.39 Å². The fraction of sp³-hybridized carbons (Fsp3) is 0.182. The lowest BCUT2D eigenvalue weighted by molar-refractivity contribution is 0.426. The Morgan fingerprint density at radius 3 is 2.62 bits per heavy atom. The minimum atomic E-state index is -0.179. The highest BCUT2D eigenvalue weighted by atomic mass is 19.1. The molecule has 0 spiro atoms. The standard InChI is InChI=1S/C22H18FN/c23-16-11-8-15(9-12-16)21-19-7-3-6-18(19)20-13-10-14-4-1-2-5-17(14)22(20)24-21/h1-6,8-13,18-19,21,24H,7H2/t18?,19?,21-/m1/s1. The molecule has 1 aliphatic carbocycles. The third-order valence-electron chi connectivity index (χ3n) is 5.49. The average Bonchev–Trinajstić information content (AvgIpc) is 3.11. The van der Waals surface area contributed by atoms with Gasteiger partial charge < -0.3 is 5.32 Å². The van der Waals surface area contributed by atoms with Crippen molar-refractivity contribution in [3.63, 3.8) is 0 Å². The molecule has 24 heavy (non-hydrogen) atoms. The number of hydrogen-bond donors (Lipinski definition) is 1. The summed E-state index contributed by atoms with van der Waals surface area (Å²) in [6.07, 6.45) is 5.69. The van der Waals surface area contributed by atoms with E-state index in [2.05, 4.69) is 53.9 Å². The van der Waals surface area contributed by atoms with E-state index in [4.69, 9.17) is 0 Å². The second-order valence-electron chi connectivity index (χ2n) is 6.78. The van der Waals surface area contributed by atoms with Crippen molar-refractivity contribution in [1.29, 1.82) is 0 Å². The summed E-state index contributed by atoms with van der Waals surface area (Å²) in [6, 6.07) is 20.2. The quantitative estimate of drug-likeness (QED) is 0.559. The fourth-order valence-electron chi connectivity index (χ4n) is 4.34. The topological polar surface area (TPSA) is 12.0 Å². The minimum Gasteiger partial charge on any atom is -0.377 e. The van der Waals surface area contributed by atoms with Crippen molar-refractivity contribution in [3.05, 3.63) is 89.8 Å². The Bertz CT molecular complexity index is 942. The molecular weight excluding hydrogens is 297 g/mol. The Balaban J connectivity index is 1.69. The number of halogens is 1. The first-order chi connectivity index (χ1) is 11.8. The molecule has 118 valence electrons. The van der Waals surface area contributed by atoms with Gasteiger partial charge in [-0.1, -0.05) is 60.7 Å². The fourth-order valence-corrected chi connectivity index (χ4v) is 4.34. The number of anilines is 1. The maximum atomic E-state index is 13.3. The lowest BCUT2D eigenvalue weighted by Crippen LogP contribution is -2.29. The molecule has 2 aliphatic rings. The van der Waals surface area contributed by atoms with Crippen LogP contribution in [0.1, 0.15) is 29.5 Å². The van der Waals surface area contributed by atoms with E-state index < -0.39 is 0 Å². The first kappa shape index (κ1) is 13.8. The molecule has 0 radical (unpaired) electrons. The van der Waals surface area contributed by atoms with E-state index in [1.54, 1.807) is 12.1 Å². The number of nitrogens with one attached hydrogen (secondary N) is 1. The van der Waals surface area contributed by atoms with Crippen LogP contribution in [-0.4, -0.2) is 0 Å². The third kappa shape index (κ3) is 1.99. The summed E-state index contributed by atoms with van der Waals surface area (Å²) in [4.78, 5) is 0. The summed E-state index contributed by atoms with van der Waals surface area (Å²) in [5, 5.41) is 6.30. The second kappa shape index (κ2) is 5.20. The summed E-state index contributed by atoms with van der Waals surface area (Å²) in [5.41, 5.74) is 3.77. The number of fused-ring (bicyclic) bond motifs is 5. The lowest BCUT2D eigenvalue weighted by Gasteiger charge is -2.38. The van der Waals surface area contributed by atoms with Crippen molar-refractivity contribution in [2.75, 3.05) is 5.32 Å². The predicted molar refractivity (Wildman–Crippen MR) is 96.7 cm³/mol. The summed E-state index contributed by atoms with van der Waals surface area (Å²) in [6.45, 7) is 0. The van der Waals surface area contributed by atoms with Crippen molar-refractivity contribution in [3.8, 4) is 0 Å². The van der Waals surface area contributed by atoms with Gasteiger partial charge in [0.15, 0.2) is 0 Å². The zero-order chi connectivity index (χ0) is 16.1. The van der Waals surface area contributed by atoms with Gasteiger partial charge in [0.1, 0.15) is 5.82 Å². The summed E-state index contributed by atoms with van der Waals surface area (Å²) in [5.74, 6) is 0.742. The van der Waals surface area contributed by atoms with Gasteiger partial charge in [0.05, 0.1) is 6.04 Å². The number of rotatable bonds is 1. The van der Waals surface area contributed by atoms with Gasteiger partial charge in [-0.2, -0.15) is 0 Å². The molecular formula is C22H18FN. The molecule has 3 aromatic carbocycles. The van der Waals surface area contributed by atoms with E-state index in [0.717, 1.165) is 12.0 Å². The van der Waals surface area contributed by atoms with E-state index in [-0.39, 0.29) is 11.9 Å². The molecule has 2 heteroatoms. The molecule has 1 heterocycles. The van der Waals surface area contributed by atoms with Crippen molar-refractivity contribution in [2.24, 2.45) is 5.92 Å². The van der Waals surface area contributed by atoms with Crippen LogP contribution in [0.5, 0.6) is 0 Å². The van der Waals surface area contributed by atoms with Crippen molar-refractivity contribution in [1.82, 2.24) is 0 Å². The molecule has 2 unspecified atom stereocenters. The highest BCUT2D eigenvalue weighted by Crippen LogP contribution is 2.51. The van der Waals surface area contributed by atoms with E-state index in [1.807, 2.05) is 12.1 Å². The highest BCUT2D eigenvalue weighted by Gasteiger charge is 2.38. The molecule has 1 aliphatic heterocycles. The van der Waals surface area contributed by atoms with Gasteiger partial charge in [-0.05, 0) is 41.0 Å². The van der Waals surface area contributed by atoms with Crippen LogP contribution in [0.25, 0.3) is 10.8 Å². The summed E-state index contributed by atoms with van der Waals surface area (Å²) >= 11 is 0. The Morgan fingerprint density at radius 1 is 0.917 bits per heavy atom. The smallest absolute Gasteiger partial charge is 0.123 e. The Hall–Kier alpha value is -2.61. The van der Waals surface area contributed by atoms with Crippen LogP contribution >= 0.6 is 0 Å². The van der Waals surface area contributed by atoms with Crippen LogP contribution in [0.4, 0.5) is 10.1 Å². The van der Waals surface area contributed by atoms with E-state index in [9.17, 15) is 4.39 Å². The van der Waals surface area contributed by atoms with Crippen LogP contribution in [0, 0.1) is 11.7 Å². The normalized spacial score (nSPS) is 24.5. The lowest BCUT2D eigenvalue weighted by atomic mass is 9.76. The largest absolute Gasteiger partial charge is 0.377 e. The molecule has 0 saturated carbocycles.